The largest absolute Gasteiger partial charge is 0.412 e. The van der Waals surface area contributed by atoms with Crippen molar-refractivity contribution in [3.63, 3.8) is 0 Å². The van der Waals surface area contributed by atoms with E-state index in [0.29, 0.717) is 12.5 Å². The number of nitrogens with zero attached hydrogens (tertiary/aromatic N) is 2. The van der Waals surface area contributed by atoms with Crippen molar-refractivity contribution in [3.8, 4) is 0 Å². The molecule has 0 spiro atoms. The van der Waals surface area contributed by atoms with Gasteiger partial charge in [0.2, 0.25) is 0 Å². The highest BCUT2D eigenvalue weighted by molar-refractivity contribution is 5.16. The average molecular weight is 162 g/mol. The molecule has 0 radical (unpaired) electrons. The predicted octanol–water partition coefficient (Wildman–Crippen LogP) is -2.23. The molecule has 0 atom stereocenters. The van der Waals surface area contributed by atoms with Gasteiger partial charge in [-0.05, 0) is 0 Å². The quantitative estimate of drug-likeness (QED) is 0.509. The maximum Gasteiger partial charge on any atom is 0.200 e. The normalized spacial score (nSPS) is 8.09. The first-order valence-electron chi connectivity index (χ1n) is 2.81. The van der Waals surface area contributed by atoms with Crippen LogP contribution in [0.2, 0.25) is 0 Å². The van der Waals surface area contributed by atoms with Gasteiger partial charge < -0.3 is 27.0 Å². The Morgan fingerprint density at radius 2 is 2.09 bits per heavy atom. The van der Waals surface area contributed by atoms with Gasteiger partial charge in [-0.2, -0.15) is 0 Å². The van der Waals surface area contributed by atoms with Crippen molar-refractivity contribution >= 4 is 5.95 Å². The van der Waals surface area contributed by atoms with E-state index in [1.165, 1.54) is 0 Å². The second-order valence-corrected chi connectivity index (χ2v) is 1.77. The Morgan fingerprint density at radius 3 is 2.45 bits per heavy atom. The van der Waals surface area contributed by atoms with Crippen LogP contribution in [-0.4, -0.2) is 27.0 Å². The van der Waals surface area contributed by atoms with Gasteiger partial charge in [0.25, 0.3) is 0 Å². The minimum Gasteiger partial charge on any atom is -0.412 e. The van der Waals surface area contributed by atoms with Crippen molar-refractivity contribution in [3.05, 3.63) is 12.4 Å². The van der Waals surface area contributed by atoms with Gasteiger partial charge in [-0.25, -0.2) is 4.98 Å². The fourth-order valence-electron chi connectivity index (χ4n) is 0.669. The van der Waals surface area contributed by atoms with Crippen LogP contribution in [0.4, 0.5) is 5.95 Å². The van der Waals surface area contributed by atoms with Crippen LogP contribution in [0.25, 0.3) is 0 Å². The van der Waals surface area contributed by atoms with Gasteiger partial charge in [-0.15, -0.1) is 0 Å². The topological polar surface area (TPSA) is 133 Å². The highest BCUT2D eigenvalue weighted by Gasteiger charge is 1.92. The Balaban J connectivity index is 0. The molecule has 6 heteroatoms. The Hall–Kier alpha value is -1.11. The third-order valence-corrected chi connectivity index (χ3v) is 1.12. The second kappa shape index (κ2) is 5.66. The van der Waals surface area contributed by atoms with Crippen LogP contribution in [0.5, 0.6) is 0 Å². The third-order valence-electron chi connectivity index (χ3n) is 1.12. The SMILES string of the molecule is NCCn1ccnc1N.O.O. The first-order valence-corrected chi connectivity index (χ1v) is 2.81. The fourth-order valence-corrected chi connectivity index (χ4v) is 0.669. The molecule has 66 valence electrons. The lowest BCUT2D eigenvalue weighted by Crippen LogP contribution is -2.11. The Bertz CT molecular complexity index is 188. The molecule has 1 rings (SSSR count). The molecular formula is C5H14N4O2. The standard InChI is InChI=1S/C5H10N4.2H2O/c6-1-3-9-4-2-8-5(9)7;;/h2,4H,1,3,6H2,(H2,7,8);2*1H2. The number of hydrogen-bond acceptors (Lipinski definition) is 3. The summed E-state index contributed by atoms with van der Waals surface area (Å²) in [6.45, 7) is 1.34. The summed E-state index contributed by atoms with van der Waals surface area (Å²) in [5, 5.41) is 0. The summed E-state index contributed by atoms with van der Waals surface area (Å²) in [5.41, 5.74) is 10.7. The first-order chi connectivity index (χ1) is 4.34. The van der Waals surface area contributed by atoms with Crippen LogP contribution in [0.1, 0.15) is 0 Å². The van der Waals surface area contributed by atoms with Crippen LogP contribution >= 0.6 is 0 Å². The summed E-state index contributed by atoms with van der Waals surface area (Å²) in [6, 6.07) is 0. The van der Waals surface area contributed by atoms with E-state index in [9.17, 15) is 0 Å². The summed E-state index contributed by atoms with van der Waals surface area (Å²) in [6.07, 6.45) is 3.47. The van der Waals surface area contributed by atoms with Crippen LogP contribution in [0, 0.1) is 0 Å². The maximum atomic E-state index is 5.42. The molecule has 0 aliphatic heterocycles. The predicted molar refractivity (Wildman–Crippen MR) is 42.9 cm³/mol. The lowest BCUT2D eigenvalue weighted by Gasteiger charge is -1.98. The van der Waals surface area contributed by atoms with E-state index >= 15 is 0 Å². The minimum absolute atomic E-state index is 0. The number of imidazole rings is 1. The van der Waals surface area contributed by atoms with E-state index in [4.69, 9.17) is 11.5 Å². The fraction of sp³-hybridized carbons (Fsp3) is 0.400. The second-order valence-electron chi connectivity index (χ2n) is 1.77. The molecule has 0 unspecified atom stereocenters. The summed E-state index contributed by atoms with van der Waals surface area (Å²) in [5.74, 6) is 0.528. The molecule has 0 bridgehead atoms. The number of nitrogen functional groups attached to an aromatic ring is 1. The molecule has 6 nitrogen and oxygen atoms in total. The van der Waals surface area contributed by atoms with Crippen molar-refractivity contribution in [2.45, 2.75) is 6.54 Å². The van der Waals surface area contributed by atoms with Gasteiger partial charge in [-0.3, -0.25) is 0 Å². The van der Waals surface area contributed by atoms with Crippen molar-refractivity contribution < 1.29 is 11.0 Å². The molecular weight excluding hydrogens is 148 g/mol. The third kappa shape index (κ3) is 2.99. The van der Waals surface area contributed by atoms with Gasteiger partial charge in [0.05, 0.1) is 0 Å². The molecule has 8 N–H and O–H groups in total. The van der Waals surface area contributed by atoms with Gasteiger partial charge in [0.1, 0.15) is 0 Å². The number of hydrogen-bond donors (Lipinski definition) is 2. The van der Waals surface area contributed by atoms with Crippen LogP contribution in [0.15, 0.2) is 12.4 Å². The molecule has 11 heavy (non-hydrogen) atoms. The zero-order valence-electron chi connectivity index (χ0n) is 6.12. The number of anilines is 1. The summed E-state index contributed by atoms with van der Waals surface area (Å²) in [7, 11) is 0. The van der Waals surface area contributed by atoms with Gasteiger partial charge in [0, 0.05) is 25.5 Å². The van der Waals surface area contributed by atoms with Crippen molar-refractivity contribution in [1.82, 2.24) is 9.55 Å². The van der Waals surface area contributed by atoms with Gasteiger partial charge in [0.15, 0.2) is 5.95 Å². The molecule has 0 fully saturated rings. The highest BCUT2D eigenvalue weighted by Crippen LogP contribution is 1.95. The minimum atomic E-state index is 0. The molecule has 0 saturated carbocycles. The molecule has 0 aliphatic rings. The Morgan fingerprint density at radius 1 is 1.45 bits per heavy atom. The number of rotatable bonds is 2. The van der Waals surface area contributed by atoms with E-state index in [-0.39, 0.29) is 11.0 Å². The van der Waals surface area contributed by atoms with Crippen molar-refractivity contribution in [1.29, 1.82) is 0 Å². The van der Waals surface area contributed by atoms with Crippen molar-refractivity contribution in [2.24, 2.45) is 5.73 Å². The van der Waals surface area contributed by atoms with Crippen LogP contribution in [0.3, 0.4) is 0 Å². The summed E-state index contributed by atoms with van der Waals surface area (Å²) < 4.78 is 1.81. The number of aromatic nitrogens is 2. The van der Waals surface area contributed by atoms with E-state index in [0.717, 1.165) is 6.54 Å². The highest BCUT2D eigenvalue weighted by atomic mass is 16.0. The van der Waals surface area contributed by atoms with Crippen molar-refractivity contribution in [2.75, 3.05) is 12.3 Å². The monoisotopic (exact) mass is 162 g/mol. The van der Waals surface area contributed by atoms with Gasteiger partial charge in [-0.1, -0.05) is 0 Å². The Labute approximate surface area is 64.4 Å². The molecule has 0 aliphatic carbocycles. The lowest BCUT2D eigenvalue weighted by atomic mass is 10.6. The summed E-state index contributed by atoms with van der Waals surface area (Å²) >= 11 is 0. The van der Waals surface area contributed by atoms with Crippen LogP contribution in [-0.2, 0) is 6.54 Å². The zero-order chi connectivity index (χ0) is 6.69. The molecule has 0 amide bonds. The zero-order valence-corrected chi connectivity index (χ0v) is 6.12. The first kappa shape index (κ1) is 12.6. The molecule has 1 aromatic rings. The maximum absolute atomic E-state index is 5.42. The van der Waals surface area contributed by atoms with Crippen LogP contribution < -0.4 is 11.5 Å². The smallest absolute Gasteiger partial charge is 0.200 e. The van der Waals surface area contributed by atoms with E-state index in [1.807, 2.05) is 6.20 Å². The van der Waals surface area contributed by atoms with E-state index in [1.54, 1.807) is 10.8 Å². The number of nitrogens with two attached hydrogens (primary N) is 2. The lowest BCUT2D eigenvalue weighted by molar-refractivity contribution is 0.718. The van der Waals surface area contributed by atoms with Gasteiger partial charge >= 0.3 is 0 Å². The molecule has 0 aromatic carbocycles. The summed E-state index contributed by atoms with van der Waals surface area (Å²) in [4.78, 5) is 3.82. The molecule has 1 aromatic heterocycles. The van der Waals surface area contributed by atoms with E-state index < -0.39 is 0 Å². The molecule has 1 heterocycles. The Kier molecular flexibility index (Phi) is 6.46. The molecule has 0 saturated heterocycles. The van der Waals surface area contributed by atoms with E-state index in [2.05, 4.69) is 4.98 Å². The average Bonchev–Trinajstić information content (AvgIpc) is 2.18.